The summed E-state index contributed by atoms with van der Waals surface area (Å²) in [5.41, 5.74) is 2.89. The smallest absolute Gasteiger partial charge is 0.341 e. The third-order valence-corrected chi connectivity index (χ3v) is 10.7. The van der Waals surface area contributed by atoms with Gasteiger partial charge in [-0.1, -0.05) is 44.2 Å². The molecule has 1 amide bonds. The third kappa shape index (κ3) is 6.56. The summed E-state index contributed by atoms with van der Waals surface area (Å²) in [6.45, 7) is 9.41. The van der Waals surface area contributed by atoms with E-state index in [0.29, 0.717) is 54.0 Å². The van der Waals surface area contributed by atoms with Gasteiger partial charge in [-0.25, -0.2) is 13.2 Å². The number of fused-ring (bicyclic) bond motifs is 1. The fraction of sp³-hybridized carbons (Fsp3) is 0.419. The van der Waals surface area contributed by atoms with Gasteiger partial charge in [-0.15, -0.1) is 11.3 Å². The summed E-state index contributed by atoms with van der Waals surface area (Å²) in [6.07, 6.45) is 1.69. The zero-order chi connectivity index (χ0) is 29.1. The summed E-state index contributed by atoms with van der Waals surface area (Å²) in [7, 11) is -3.65. The normalized spacial score (nSPS) is 19.9. The van der Waals surface area contributed by atoms with Crippen LogP contribution >= 0.6 is 11.3 Å². The second kappa shape index (κ2) is 12.4. The van der Waals surface area contributed by atoms with E-state index >= 15 is 0 Å². The quantitative estimate of drug-likeness (QED) is 0.350. The zero-order valence-electron chi connectivity index (χ0n) is 23.8. The van der Waals surface area contributed by atoms with Gasteiger partial charge in [-0.2, -0.15) is 4.31 Å². The molecule has 1 saturated heterocycles. The van der Waals surface area contributed by atoms with E-state index in [1.54, 1.807) is 11.2 Å². The average Bonchev–Trinajstić information content (AvgIpc) is 3.30. The first-order chi connectivity index (χ1) is 19.7. The predicted molar refractivity (Wildman–Crippen MR) is 161 cm³/mol. The van der Waals surface area contributed by atoms with Crippen LogP contribution in [0.3, 0.4) is 0 Å². The van der Waals surface area contributed by atoms with E-state index < -0.39 is 21.9 Å². The van der Waals surface area contributed by atoms with Crippen molar-refractivity contribution < 1.29 is 22.7 Å². The summed E-state index contributed by atoms with van der Waals surface area (Å²) in [5, 5.41) is 3.39. The lowest BCUT2D eigenvalue weighted by Crippen LogP contribution is -2.42. The Morgan fingerprint density at radius 3 is 2.37 bits per heavy atom. The second-order valence-corrected chi connectivity index (χ2v) is 14.2. The molecule has 41 heavy (non-hydrogen) atoms. The van der Waals surface area contributed by atoms with Crippen molar-refractivity contribution >= 4 is 38.2 Å². The van der Waals surface area contributed by atoms with Gasteiger partial charge in [0.2, 0.25) is 10.0 Å². The van der Waals surface area contributed by atoms with Crippen LogP contribution in [0.4, 0.5) is 5.00 Å². The molecule has 1 aromatic heterocycles. The maximum absolute atomic E-state index is 13.3. The Hall–Kier alpha value is -3.05. The third-order valence-electron chi connectivity index (χ3n) is 7.68. The topological polar surface area (TPSA) is 96.0 Å². The van der Waals surface area contributed by atoms with Gasteiger partial charge in [0.25, 0.3) is 5.91 Å². The average molecular weight is 596 g/mol. The molecule has 218 valence electrons. The molecular weight excluding hydrogens is 558 g/mol. The molecule has 2 aromatic carbocycles. The number of hydrogen-bond donors (Lipinski definition) is 1. The number of amides is 1. The van der Waals surface area contributed by atoms with Crippen molar-refractivity contribution in [2.75, 3.05) is 31.6 Å². The van der Waals surface area contributed by atoms with Crippen LogP contribution in [-0.2, 0) is 34.3 Å². The van der Waals surface area contributed by atoms with Crippen LogP contribution in [0.1, 0.15) is 63.9 Å². The number of thiophene rings is 1. The standard InChI is InChI=1S/C31H37N3O5S2/c1-4-39-31(36)28-26-14-15-33(19-23-8-6-5-7-9-23)20-27(26)40-30(28)32-29(35)24-10-12-25(13-11-24)41(37,38)34-17-21(2)16-22(3)18-34/h5-13,21-22H,4,14-20H2,1-3H3,(H,32,35)/t21-,22+. The molecule has 3 aromatic rings. The lowest BCUT2D eigenvalue weighted by Gasteiger charge is -2.34. The van der Waals surface area contributed by atoms with Gasteiger partial charge in [-0.05, 0) is 67.0 Å². The van der Waals surface area contributed by atoms with Crippen molar-refractivity contribution in [3.8, 4) is 0 Å². The molecule has 8 nitrogen and oxygen atoms in total. The van der Waals surface area contributed by atoms with E-state index in [4.69, 9.17) is 4.74 Å². The van der Waals surface area contributed by atoms with Gasteiger partial charge in [0, 0.05) is 43.2 Å². The Labute approximate surface area is 246 Å². The van der Waals surface area contributed by atoms with E-state index in [1.807, 2.05) is 18.2 Å². The van der Waals surface area contributed by atoms with Gasteiger partial charge >= 0.3 is 5.97 Å². The summed E-state index contributed by atoms with van der Waals surface area (Å²) in [6, 6.07) is 16.3. The minimum Gasteiger partial charge on any atom is -0.462 e. The first-order valence-electron chi connectivity index (χ1n) is 14.1. The molecule has 1 fully saturated rings. The van der Waals surface area contributed by atoms with Crippen molar-refractivity contribution in [3.05, 3.63) is 81.7 Å². The largest absolute Gasteiger partial charge is 0.462 e. The summed E-state index contributed by atoms with van der Waals surface area (Å²) in [4.78, 5) is 29.8. The second-order valence-electron chi connectivity index (χ2n) is 11.1. The lowest BCUT2D eigenvalue weighted by atomic mass is 9.94. The number of ether oxygens (including phenoxy) is 1. The SMILES string of the molecule is CCOC(=O)c1c(NC(=O)c2ccc(S(=O)(=O)N3C[C@H](C)C[C@H](C)C3)cc2)sc2c1CCN(Cc1ccccc1)C2. The fourth-order valence-corrected chi connectivity index (χ4v) is 8.80. The molecule has 0 radical (unpaired) electrons. The Kier molecular flexibility index (Phi) is 8.94. The number of nitrogens with one attached hydrogen (secondary N) is 1. The van der Waals surface area contributed by atoms with Crippen LogP contribution in [0.25, 0.3) is 0 Å². The Bertz CT molecular complexity index is 1490. The molecule has 2 aliphatic rings. The first kappa shape index (κ1) is 29.4. The highest BCUT2D eigenvalue weighted by atomic mass is 32.2. The van der Waals surface area contributed by atoms with E-state index in [2.05, 4.69) is 36.2 Å². The number of sulfonamides is 1. The van der Waals surface area contributed by atoms with E-state index in [-0.39, 0.29) is 11.5 Å². The number of rotatable bonds is 8. The number of carbonyl (C=O) groups excluding carboxylic acids is 2. The molecule has 0 unspecified atom stereocenters. The molecule has 0 saturated carbocycles. The number of anilines is 1. The number of piperidine rings is 1. The van der Waals surface area contributed by atoms with Crippen molar-refractivity contribution in [2.24, 2.45) is 11.8 Å². The van der Waals surface area contributed by atoms with Crippen LogP contribution in [0, 0.1) is 11.8 Å². The first-order valence-corrected chi connectivity index (χ1v) is 16.4. The van der Waals surface area contributed by atoms with Crippen LogP contribution in [0.2, 0.25) is 0 Å². The monoisotopic (exact) mass is 595 g/mol. The van der Waals surface area contributed by atoms with Gasteiger partial charge in [0.15, 0.2) is 0 Å². The van der Waals surface area contributed by atoms with Gasteiger partial charge < -0.3 is 10.1 Å². The highest BCUT2D eigenvalue weighted by Crippen LogP contribution is 2.38. The Morgan fingerprint density at radius 2 is 1.71 bits per heavy atom. The Balaban J connectivity index is 1.34. The van der Waals surface area contributed by atoms with Crippen molar-refractivity contribution in [2.45, 2.75) is 51.6 Å². The molecule has 0 bridgehead atoms. The van der Waals surface area contributed by atoms with Crippen LogP contribution < -0.4 is 5.32 Å². The van der Waals surface area contributed by atoms with E-state index in [1.165, 1.54) is 41.2 Å². The molecule has 2 aliphatic heterocycles. The van der Waals surface area contributed by atoms with Crippen molar-refractivity contribution in [1.82, 2.24) is 9.21 Å². The highest BCUT2D eigenvalue weighted by molar-refractivity contribution is 7.89. The minimum absolute atomic E-state index is 0.174. The number of esters is 1. The van der Waals surface area contributed by atoms with E-state index in [0.717, 1.165) is 30.0 Å². The minimum atomic E-state index is -3.65. The maximum Gasteiger partial charge on any atom is 0.341 e. The molecule has 10 heteroatoms. The molecule has 1 N–H and O–H groups in total. The summed E-state index contributed by atoms with van der Waals surface area (Å²) < 4.78 is 33.4. The summed E-state index contributed by atoms with van der Waals surface area (Å²) in [5.74, 6) is -0.244. The highest BCUT2D eigenvalue weighted by Gasteiger charge is 2.32. The molecule has 0 aliphatic carbocycles. The van der Waals surface area contributed by atoms with Crippen molar-refractivity contribution in [1.29, 1.82) is 0 Å². The van der Waals surface area contributed by atoms with E-state index in [9.17, 15) is 18.0 Å². The number of nitrogens with zero attached hydrogens (tertiary/aromatic N) is 2. The fourth-order valence-electron chi connectivity index (χ4n) is 5.84. The van der Waals surface area contributed by atoms with Crippen LogP contribution in [0.5, 0.6) is 0 Å². The number of benzene rings is 2. The Morgan fingerprint density at radius 1 is 1.02 bits per heavy atom. The number of carbonyl (C=O) groups is 2. The van der Waals surface area contributed by atoms with Gasteiger partial charge in [0.05, 0.1) is 17.1 Å². The molecular formula is C31H37N3O5S2. The van der Waals surface area contributed by atoms with Crippen molar-refractivity contribution in [3.63, 3.8) is 0 Å². The maximum atomic E-state index is 13.3. The lowest BCUT2D eigenvalue weighted by molar-refractivity contribution is 0.0526. The summed E-state index contributed by atoms with van der Waals surface area (Å²) >= 11 is 1.40. The van der Waals surface area contributed by atoms with Crippen LogP contribution in [-0.4, -0.2) is 55.7 Å². The number of hydrogen-bond acceptors (Lipinski definition) is 7. The molecule has 3 heterocycles. The molecule has 0 spiro atoms. The predicted octanol–water partition coefficient (Wildman–Crippen LogP) is 5.40. The zero-order valence-corrected chi connectivity index (χ0v) is 25.4. The molecule has 5 rings (SSSR count). The van der Waals surface area contributed by atoms with Gasteiger partial charge in [-0.3, -0.25) is 9.69 Å². The van der Waals surface area contributed by atoms with Crippen LogP contribution in [0.15, 0.2) is 59.5 Å². The van der Waals surface area contributed by atoms with Gasteiger partial charge in [0.1, 0.15) is 5.00 Å². The molecule has 2 atom stereocenters.